The molecule has 0 spiro atoms. The van der Waals surface area contributed by atoms with Gasteiger partial charge in [-0.15, -0.1) is 0 Å². The monoisotopic (exact) mass is 236 g/mol. The van der Waals surface area contributed by atoms with E-state index in [1.807, 2.05) is 24.3 Å². The van der Waals surface area contributed by atoms with E-state index in [0.29, 0.717) is 11.4 Å². The molecule has 0 amide bonds. The van der Waals surface area contributed by atoms with Crippen LogP contribution in [0.2, 0.25) is 5.02 Å². The Morgan fingerprint density at radius 2 is 1.75 bits per heavy atom. The number of hydrogen-bond acceptors (Lipinski definition) is 1. The Hall–Kier alpha value is -1.08. The summed E-state index contributed by atoms with van der Waals surface area (Å²) in [5.41, 5.74) is 2.22. The van der Waals surface area contributed by atoms with E-state index in [1.54, 1.807) is 6.08 Å². The zero-order chi connectivity index (χ0) is 12.0. The van der Waals surface area contributed by atoms with Crippen LogP contribution >= 0.6 is 11.6 Å². The van der Waals surface area contributed by atoms with E-state index in [0.717, 1.165) is 18.4 Å². The third kappa shape index (κ3) is 4.19. The Balaban J connectivity index is 2.64. The highest BCUT2D eigenvalue weighted by Crippen LogP contribution is 2.11. The normalized spacial score (nSPS) is 9.94. The molecular formula is C14H17ClO. The third-order valence-corrected chi connectivity index (χ3v) is 2.82. The largest absolute Gasteiger partial charge is 0.294 e. The van der Waals surface area contributed by atoms with E-state index in [1.165, 1.54) is 5.57 Å². The van der Waals surface area contributed by atoms with E-state index in [-0.39, 0.29) is 5.78 Å². The molecule has 86 valence electrons. The summed E-state index contributed by atoms with van der Waals surface area (Å²) in [5, 5.41) is 0.703. The van der Waals surface area contributed by atoms with Crippen LogP contribution in [0.15, 0.2) is 35.9 Å². The Morgan fingerprint density at radius 1 is 1.19 bits per heavy atom. The number of rotatable bonds is 5. The van der Waals surface area contributed by atoms with Crippen molar-refractivity contribution in [1.29, 1.82) is 0 Å². The van der Waals surface area contributed by atoms with Gasteiger partial charge in [-0.05, 0) is 36.6 Å². The maximum Gasteiger partial charge on any atom is 0.160 e. The predicted octanol–water partition coefficient (Wildman–Crippen LogP) is 4.20. The summed E-state index contributed by atoms with van der Waals surface area (Å²) >= 11 is 5.78. The highest BCUT2D eigenvalue weighted by Gasteiger charge is 2.02. The number of ketones is 1. The number of benzene rings is 1. The molecule has 0 aliphatic heterocycles. The molecule has 0 unspecified atom stereocenters. The van der Waals surface area contributed by atoms with Gasteiger partial charge in [0.2, 0.25) is 0 Å². The van der Waals surface area contributed by atoms with Gasteiger partial charge >= 0.3 is 0 Å². The molecule has 0 fully saturated rings. The van der Waals surface area contributed by atoms with Crippen molar-refractivity contribution < 1.29 is 4.79 Å². The molecule has 0 N–H and O–H groups in total. The first-order chi connectivity index (χ1) is 7.65. The van der Waals surface area contributed by atoms with Crippen LogP contribution in [0.25, 0.3) is 0 Å². The van der Waals surface area contributed by atoms with Gasteiger partial charge in [0.25, 0.3) is 0 Å². The van der Waals surface area contributed by atoms with Gasteiger partial charge < -0.3 is 0 Å². The van der Waals surface area contributed by atoms with Crippen LogP contribution in [0.4, 0.5) is 0 Å². The molecule has 0 heterocycles. The first-order valence-corrected chi connectivity index (χ1v) is 6.00. The van der Waals surface area contributed by atoms with E-state index in [2.05, 4.69) is 13.8 Å². The van der Waals surface area contributed by atoms with Crippen molar-refractivity contribution in [3.8, 4) is 0 Å². The zero-order valence-corrected chi connectivity index (χ0v) is 10.6. The van der Waals surface area contributed by atoms with Gasteiger partial charge in [-0.2, -0.15) is 0 Å². The topological polar surface area (TPSA) is 17.1 Å². The second-order valence-electron chi connectivity index (χ2n) is 3.78. The van der Waals surface area contributed by atoms with Crippen LogP contribution in [-0.2, 0) is 11.2 Å². The van der Waals surface area contributed by atoms with Crippen molar-refractivity contribution in [1.82, 2.24) is 0 Å². The standard InChI is InChI=1S/C14H17ClO/c1-3-11(4-2)9-14(16)10-12-5-7-13(15)8-6-12/h5-9H,3-4,10H2,1-2H3. The highest BCUT2D eigenvalue weighted by atomic mass is 35.5. The zero-order valence-electron chi connectivity index (χ0n) is 9.79. The van der Waals surface area contributed by atoms with Gasteiger partial charge in [-0.1, -0.05) is 43.2 Å². The van der Waals surface area contributed by atoms with Gasteiger partial charge in [-0.25, -0.2) is 0 Å². The molecule has 1 aromatic rings. The van der Waals surface area contributed by atoms with Crippen molar-refractivity contribution in [2.75, 3.05) is 0 Å². The second-order valence-corrected chi connectivity index (χ2v) is 4.22. The van der Waals surface area contributed by atoms with Gasteiger partial charge in [0, 0.05) is 11.4 Å². The van der Waals surface area contributed by atoms with Crippen LogP contribution in [0.1, 0.15) is 32.3 Å². The molecule has 0 saturated heterocycles. The van der Waals surface area contributed by atoms with E-state index < -0.39 is 0 Å². The average molecular weight is 237 g/mol. The van der Waals surface area contributed by atoms with Crippen molar-refractivity contribution in [2.24, 2.45) is 0 Å². The molecule has 1 aromatic carbocycles. The Kier molecular flexibility index (Phi) is 5.27. The minimum absolute atomic E-state index is 0.168. The van der Waals surface area contributed by atoms with Crippen molar-refractivity contribution in [3.05, 3.63) is 46.5 Å². The summed E-state index contributed by atoms with van der Waals surface area (Å²) in [6.07, 6.45) is 4.13. The van der Waals surface area contributed by atoms with Gasteiger partial charge in [0.1, 0.15) is 0 Å². The first-order valence-electron chi connectivity index (χ1n) is 5.62. The summed E-state index contributed by atoms with van der Waals surface area (Å²) < 4.78 is 0. The minimum atomic E-state index is 0.168. The second kappa shape index (κ2) is 6.49. The van der Waals surface area contributed by atoms with Gasteiger partial charge in [-0.3, -0.25) is 4.79 Å². The highest BCUT2D eigenvalue weighted by molar-refractivity contribution is 6.30. The maximum absolute atomic E-state index is 11.7. The number of halogens is 1. The maximum atomic E-state index is 11.7. The quantitative estimate of drug-likeness (QED) is 0.701. The predicted molar refractivity (Wildman–Crippen MR) is 68.8 cm³/mol. The molecule has 0 aromatic heterocycles. The summed E-state index contributed by atoms with van der Waals surface area (Å²) in [6, 6.07) is 7.42. The fourth-order valence-corrected chi connectivity index (χ4v) is 1.66. The molecule has 0 atom stereocenters. The van der Waals surface area contributed by atoms with Crippen LogP contribution in [-0.4, -0.2) is 5.78 Å². The lowest BCUT2D eigenvalue weighted by molar-refractivity contribution is -0.114. The van der Waals surface area contributed by atoms with Crippen molar-refractivity contribution >= 4 is 17.4 Å². The Bertz CT molecular complexity index is 370. The number of hydrogen-bond donors (Lipinski definition) is 0. The summed E-state index contributed by atoms with van der Waals surface area (Å²) in [6.45, 7) is 4.15. The van der Waals surface area contributed by atoms with Crippen molar-refractivity contribution in [3.63, 3.8) is 0 Å². The summed E-state index contributed by atoms with van der Waals surface area (Å²) in [7, 11) is 0. The van der Waals surface area contributed by atoms with E-state index in [9.17, 15) is 4.79 Å². The minimum Gasteiger partial charge on any atom is -0.294 e. The fraction of sp³-hybridized carbons (Fsp3) is 0.357. The van der Waals surface area contributed by atoms with Crippen LogP contribution in [0.5, 0.6) is 0 Å². The Labute approximate surface area is 102 Å². The molecule has 16 heavy (non-hydrogen) atoms. The smallest absolute Gasteiger partial charge is 0.160 e. The van der Waals surface area contributed by atoms with Crippen LogP contribution in [0.3, 0.4) is 0 Å². The number of carbonyl (C=O) groups is 1. The van der Waals surface area contributed by atoms with Crippen molar-refractivity contribution in [2.45, 2.75) is 33.1 Å². The molecule has 1 rings (SSSR count). The molecule has 0 bridgehead atoms. The summed E-state index contributed by atoms with van der Waals surface area (Å²) in [4.78, 5) is 11.7. The first kappa shape index (κ1) is 13.0. The van der Waals surface area contributed by atoms with Crippen LogP contribution in [0, 0.1) is 0 Å². The molecule has 2 heteroatoms. The molecule has 0 radical (unpaired) electrons. The summed E-state index contributed by atoms with van der Waals surface area (Å²) in [5.74, 6) is 0.168. The van der Waals surface area contributed by atoms with Gasteiger partial charge in [0.15, 0.2) is 5.78 Å². The lowest BCUT2D eigenvalue weighted by Crippen LogP contribution is -2.00. The molecule has 0 aliphatic carbocycles. The molecular weight excluding hydrogens is 220 g/mol. The molecule has 0 aliphatic rings. The number of allylic oxidation sites excluding steroid dienone is 2. The van der Waals surface area contributed by atoms with Crippen LogP contribution < -0.4 is 0 Å². The lowest BCUT2D eigenvalue weighted by Gasteiger charge is -2.01. The fourth-order valence-electron chi connectivity index (χ4n) is 1.54. The average Bonchev–Trinajstić information content (AvgIpc) is 2.29. The van der Waals surface area contributed by atoms with Gasteiger partial charge in [0.05, 0.1) is 0 Å². The molecule has 0 saturated carbocycles. The van der Waals surface area contributed by atoms with E-state index in [4.69, 9.17) is 11.6 Å². The lowest BCUT2D eigenvalue weighted by atomic mass is 10.0. The third-order valence-electron chi connectivity index (χ3n) is 2.56. The number of carbonyl (C=O) groups excluding carboxylic acids is 1. The van der Waals surface area contributed by atoms with E-state index >= 15 is 0 Å². The Morgan fingerprint density at radius 3 is 2.25 bits per heavy atom. The SMILES string of the molecule is CCC(=CC(=O)Cc1ccc(Cl)cc1)CC. The molecule has 1 nitrogen and oxygen atoms in total.